The van der Waals surface area contributed by atoms with E-state index in [9.17, 15) is 0 Å². The van der Waals surface area contributed by atoms with Gasteiger partial charge in [0.2, 0.25) is 0 Å². The van der Waals surface area contributed by atoms with Gasteiger partial charge in [-0.05, 0) is 31.2 Å². The van der Waals surface area contributed by atoms with Crippen LogP contribution in [0.25, 0.3) is 11.0 Å². The summed E-state index contributed by atoms with van der Waals surface area (Å²) in [7, 11) is 0. The molecular formula is C10H13N3. The van der Waals surface area contributed by atoms with Crippen LogP contribution >= 0.6 is 0 Å². The molecule has 68 valence electrons. The van der Waals surface area contributed by atoms with Crippen molar-refractivity contribution < 1.29 is 0 Å². The number of nitrogens with zero attached hydrogens (tertiary/aromatic N) is 1. The molecule has 0 fully saturated rings. The summed E-state index contributed by atoms with van der Waals surface area (Å²) in [5.74, 6) is 0.975. The molecule has 13 heavy (non-hydrogen) atoms. The molecule has 0 aliphatic carbocycles. The Bertz CT molecular complexity index is 417. The summed E-state index contributed by atoms with van der Waals surface area (Å²) >= 11 is 0. The zero-order valence-electron chi connectivity index (χ0n) is 7.67. The lowest BCUT2D eigenvalue weighted by atomic mass is 10.2. The third-order valence-electron chi connectivity index (χ3n) is 2.07. The standard InChI is InChI=1S/C10H13N3/c1-7-2-3-8-9(6-7)13-10(12-8)4-5-11/h2-3,6H,4-5,11H2,1H3,(H,12,13). The van der Waals surface area contributed by atoms with Crippen molar-refractivity contribution in [3.05, 3.63) is 29.6 Å². The minimum absolute atomic E-state index is 0.638. The lowest BCUT2D eigenvalue weighted by Gasteiger charge is -1.89. The largest absolute Gasteiger partial charge is 0.342 e. The number of rotatable bonds is 2. The molecule has 3 N–H and O–H groups in total. The predicted octanol–water partition coefficient (Wildman–Crippen LogP) is 1.37. The first-order valence-corrected chi connectivity index (χ1v) is 4.45. The van der Waals surface area contributed by atoms with Crippen molar-refractivity contribution in [2.45, 2.75) is 13.3 Å². The van der Waals surface area contributed by atoms with Crippen LogP contribution in [0.2, 0.25) is 0 Å². The second-order valence-electron chi connectivity index (χ2n) is 3.24. The molecule has 0 unspecified atom stereocenters. The van der Waals surface area contributed by atoms with Crippen LogP contribution < -0.4 is 5.73 Å². The van der Waals surface area contributed by atoms with Gasteiger partial charge in [0, 0.05) is 6.42 Å². The fourth-order valence-electron chi connectivity index (χ4n) is 1.43. The van der Waals surface area contributed by atoms with E-state index in [4.69, 9.17) is 5.73 Å². The van der Waals surface area contributed by atoms with Crippen LogP contribution in [0.1, 0.15) is 11.4 Å². The number of hydrogen-bond donors (Lipinski definition) is 2. The summed E-state index contributed by atoms with van der Waals surface area (Å²) in [5, 5.41) is 0. The zero-order valence-corrected chi connectivity index (χ0v) is 7.67. The summed E-state index contributed by atoms with van der Waals surface area (Å²) in [5.41, 5.74) is 8.82. The van der Waals surface area contributed by atoms with E-state index in [-0.39, 0.29) is 0 Å². The molecule has 0 spiro atoms. The van der Waals surface area contributed by atoms with Gasteiger partial charge >= 0.3 is 0 Å². The number of aryl methyl sites for hydroxylation is 1. The van der Waals surface area contributed by atoms with E-state index >= 15 is 0 Å². The number of aromatic amines is 1. The molecule has 1 aromatic carbocycles. The third kappa shape index (κ3) is 1.55. The Morgan fingerprint density at radius 1 is 1.46 bits per heavy atom. The SMILES string of the molecule is Cc1ccc2nc(CCN)[nH]c2c1. The Labute approximate surface area is 77.0 Å². The van der Waals surface area contributed by atoms with Gasteiger partial charge in [-0.2, -0.15) is 0 Å². The molecule has 3 nitrogen and oxygen atoms in total. The molecular weight excluding hydrogens is 162 g/mol. The van der Waals surface area contributed by atoms with Crippen LogP contribution in [0.4, 0.5) is 0 Å². The number of aromatic nitrogens is 2. The molecule has 1 heterocycles. The highest BCUT2D eigenvalue weighted by molar-refractivity contribution is 5.75. The minimum Gasteiger partial charge on any atom is -0.342 e. The van der Waals surface area contributed by atoms with Gasteiger partial charge in [0.05, 0.1) is 11.0 Å². The van der Waals surface area contributed by atoms with Crippen LogP contribution in [-0.2, 0) is 6.42 Å². The Morgan fingerprint density at radius 2 is 2.31 bits per heavy atom. The average molecular weight is 175 g/mol. The fourth-order valence-corrected chi connectivity index (χ4v) is 1.43. The monoisotopic (exact) mass is 175 g/mol. The lowest BCUT2D eigenvalue weighted by molar-refractivity contribution is 0.900. The van der Waals surface area contributed by atoms with Gasteiger partial charge in [-0.15, -0.1) is 0 Å². The molecule has 2 aromatic rings. The maximum Gasteiger partial charge on any atom is 0.108 e. The van der Waals surface area contributed by atoms with Gasteiger partial charge < -0.3 is 10.7 Å². The average Bonchev–Trinajstić information content (AvgIpc) is 2.46. The fraction of sp³-hybridized carbons (Fsp3) is 0.300. The van der Waals surface area contributed by atoms with Gasteiger partial charge in [-0.3, -0.25) is 0 Å². The number of nitrogens with one attached hydrogen (secondary N) is 1. The third-order valence-corrected chi connectivity index (χ3v) is 2.07. The van der Waals surface area contributed by atoms with Crippen LogP contribution in [-0.4, -0.2) is 16.5 Å². The molecule has 0 saturated carbocycles. The molecule has 3 heteroatoms. The topological polar surface area (TPSA) is 54.7 Å². The number of fused-ring (bicyclic) bond motifs is 1. The molecule has 1 aromatic heterocycles. The van der Waals surface area contributed by atoms with Crippen molar-refractivity contribution in [2.75, 3.05) is 6.54 Å². The van der Waals surface area contributed by atoms with Gasteiger partial charge in [0.15, 0.2) is 0 Å². The molecule has 0 saturated heterocycles. The zero-order chi connectivity index (χ0) is 9.26. The highest BCUT2D eigenvalue weighted by atomic mass is 14.9. The predicted molar refractivity (Wildman–Crippen MR) is 53.6 cm³/mol. The van der Waals surface area contributed by atoms with E-state index in [0.717, 1.165) is 23.3 Å². The quantitative estimate of drug-likeness (QED) is 0.724. The first-order chi connectivity index (χ1) is 6.29. The van der Waals surface area contributed by atoms with Gasteiger partial charge in [-0.25, -0.2) is 4.98 Å². The summed E-state index contributed by atoms with van der Waals surface area (Å²) in [6.07, 6.45) is 0.813. The van der Waals surface area contributed by atoms with Gasteiger partial charge in [0.25, 0.3) is 0 Å². The van der Waals surface area contributed by atoms with Crippen LogP contribution in [0.3, 0.4) is 0 Å². The maximum absolute atomic E-state index is 5.45. The smallest absolute Gasteiger partial charge is 0.108 e. The second-order valence-corrected chi connectivity index (χ2v) is 3.24. The molecule has 0 aliphatic rings. The Hall–Kier alpha value is -1.35. The Kier molecular flexibility index (Phi) is 2.02. The number of hydrogen-bond acceptors (Lipinski definition) is 2. The van der Waals surface area contributed by atoms with E-state index in [2.05, 4.69) is 29.0 Å². The van der Waals surface area contributed by atoms with Crippen LogP contribution in [0.5, 0.6) is 0 Å². The molecule has 0 bridgehead atoms. The Balaban J connectivity index is 2.49. The van der Waals surface area contributed by atoms with Crippen LogP contribution in [0, 0.1) is 6.92 Å². The van der Waals surface area contributed by atoms with Crippen molar-refractivity contribution in [3.63, 3.8) is 0 Å². The van der Waals surface area contributed by atoms with Gasteiger partial charge in [-0.1, -0.05) is 6.07 Å². The molecule has 0 amide bonds. The van der Waals surface area contributed by atoms with E-state index in [1.165, 1.54) is 5.56 Å². The lowest BCUT2D eigenvalue weighted by Crippen LogP contribution is -2.03. The van der Waals surface area contributed by atoms with E-state index in [1.807, 2.05) is 6.07 Å². The van der Waals surface area contributed by atoms with Crippen LogP contribution in [0.15, 0.2) is 18.2 Å². The minimum atomic E-state index is 0.638. The first kappa shape index (κ1) is 8.26. The van der Waals surface area contributed by atoms with Crippen molar-refractivity contribution in [3.8, 4) is 0 Å². The van der Waals surface area contributed by atoms with E-state index in [0.29, 0.717) is 6.54 Å². The maximum atomic E-state index is 5.45. The van der Waals surface area contributed by atoms with Crippen molar-refractivity contribution in [2.24, 2.45) is 5.73 Å². The highest BCUT2D eigenvalue weighted by Gasteiger charge is 2.00. The van der Waals surface area contributed by atoms with Crippen molar-refractivity contribution in [1.29, 1.82) is 0 Å². The number of benzene rings is 1. The molecule has 0 aliphatic heterocycles. The highest BCUT2D eigenvalue weighted by Crippen LogP contribution is 2.12. The molecule has 0 radical (unpaired) electrons. The van der Waals surface area contributed by atoms with Crippen molar-refractivity contribution in [1.82, 2.24) is 9.97 Å². The Morgan fingerprint density at radius 3 is 3.08 bits per heavy atom. The summed E-state index contributed by atoms with van der Waals surface area (Å²) < 4.78 is 0. The normalized spacial score (nSPS) is 10.9. The molecule has 0 atom stereocenters. The summed E-state index contributed by atoms with van der Waals surface area (Å²) in [4.78, 5) is 7.65. The number of H-pyrrole nitrogens is 1. The first-order valence-electron chi connectivity index (χ1n) is 4.45. The van der Waals surface area contributed by atoms with E-state index < -0.39 is 0 Å². The number of nitrogens with two attached hydrogens (primary N) is 1. The van der Waals surface area contributed by atoms with E-state index in [1.54, 1.807) is 0 Å². The summed E-state index contributed by atoms with van der Waals surface area (Å²) in [6, 6.07) is 6.19. The van der Waals surface area contributed by atoms with Crippen molar-refractivity contribution >= 4 is 11.0 Å². The van der Waals surface area contributed by atoms with Gasteiger partial charge in [0.1, 0.15) is 5.82 Å². The molecule has 2 rings (SSSR count). The number of imidazole rings is 1. The summed E-state index contributed by atoms with van der Waals surface area (Å²) in [6.45, 7) is 2.71. The second kappa shape index (κ2) is 3.18.